The molecule has 2 nitrogen and oxygen atoms in total. The van der Waals surface area contributed by atoms with Crippen LogP contribution in [0.15, 0.2) is 16.5 Å². The van der Waals surface area contributed by atoms with Crippen LogP contribution in [0.1, 0.15) is 70.4 Å². The fourth-order valence-electron chi connectivity index (χ4n) is 3.50. The first-order chi connectivity index (χ1) is 9.04. The van der Waals surface area contributed by atoms with E-state index in [1.807, 2.05) is 6.92 Å². The van der Waals surface area contributed by atoms with Gasteiger partial charge in [0, 0.05) is 0 Å². The zero-order chi connectivity index (χ0) is 13.9. The molecule has 2 atom stereocenters. The Bertz CT molecular complexity index is 394. The van der Waals surface area contributed by atoms with Crippen LogP contribution in [0.5, 0.6) is 0 Å². The molecule has 1 N–H and O–H groups in total. The van der Waals surface area contributed by atoms with Gasteiger partial charge in [-0.3, -0.25) is 0 Å². The van der Waals surface area contributed by atoms with Gasteiger partial charge in [0.2, 0.25) is 0 Å². The fraction of sp³-hybridized carbons (Fsp3) is 0.765. The lowest BCUT2D eigenvalue weighted by atomic mass is 9.65. The summed E-state index contributed by atoms with van der Waals surface area (Å²) in [7, 11) is 0. The Balaban J connectivity index is 2.21. The molecule has 1 heterocycles. The van der Waals surface area contributed by atoms with Gasteiger partial charge in [0.25, 0.3) is 0 Å². The van der Waals surface area contributed by atoms with Gasteiger partial charge in [-0.05, 0) is 56.2 Å². The Morgan fingerprint density at radius 1 is 1.37 bits per heavy atom. The van der Waals surface area contributed by atoms with Crippen molar-refractivity contribution in [3.63, 3.8) is 0 Å². The third kappa shape index (κ3) is 3.42. The maximum Gasteiger partial charge on any atom is 0.121 e. The molecule has 108 valence electrons. The first-order valence-electron chi connectivity index (χ1n) is 7.84. The van der Waals surface area contributed by atoms with Crippen LogP contribution in [-0.2, 0) is 0 Å². The molecule has 19 heavy (non-hydrogen) atoms. The van der Waals surface area contributed by atoms with Crippen LogP contribution < -0.4 is 5.32 Å². The molecule has 1 aromatic rings. The second-order valence-electron chi connectivity index (χ2n) is 6.72. The van der Waals surface area contributed by atoms with Crippen LogP contribution in [-0.4, -0.2) is 6.54 Å². The summed E-state index contributed by atoms with van der Waals surface area (Å²) >= 11 is 0. The average Bonchev–Trinajstić information content (AvgIpc) is 2.78. The van der Waals surface area contributed by atoms with E-state index < -0.39 is 0 Å². The van der Waals surface area contributed by atoms with Gasteiger partial charge in [-0.2, -0.15) is 0 Å². The Morgan fingerprint density at radius 2 is 2.16 bits per heavy atom. The van der Waals surface area contributed by atoms with Crippen molar-refractivity contribution in [2.75, 3.05) is 6.54 Å². The van der Waals surface area contributed by atoms with Gasteiger partial charge in [-0.25, -0.2) is 0 Å². The summed E-state index contributed by atoms with van der Waals surface area (Å²) in [5.41, 5.74) is 0.407. The largest absolute Gasteiger partial charge is 0.465 e. The van der Waals surface area contributed by atoms with Crippen molar-refractivity contribution in [1.29, 1.82) is 0 Å². The van der Waals surface area contributed by atoms with E-state index in [-0.39, 0.29) is 0 Å². The summed E-state index contributed by atoms with van der Waals surface area (Å²) in [6.45, 7) is 10.2. The van der Waals surface area contributed by atoms with E-state index in [0.717, 1.165) is 18.1 Å². The fourth-order valence-corrected chi connectivity index (χ4v) is 3.50. The molecule has 2 rings (SSSR count). The maximum atomic E-state index is 5.93. The van der Waals surface area contributed by atoms with Gasteiger partial charge >= 0.3 is 0 Å². The molecule has 1 aromatic heterocycles. The molecule has 2 heteroatoms. The van der Waals surface area contributed by atoms with Crippen LogP contribution in [0.4, 0.5) is 0 Å². The highest BCUT2D eigenvalue weighted by Gasteiger charge is 2.39. The molecular weight excluding hydrogens is 234 g/mol. The van der Waals surface area contributed by atoms with Crippen molar-refractivity contribution >= 4 is 0 Å². The van der Waals surface area contributed by atoms with Crippen molar-refractivity contribution in [3.05, 3.63) is 23.7 Å². The monoisotopic (exact) mass is 263 g/mol. The Morgan fingerprint density at radius 3 is 2.74 bits per heavy atom. The van der Waals surface area contributed by atoms with E-state index in [2.05, 4.69) is 38.2 Å². The molecule has 0 aromatic carbocycles. The van der Waals surface area contributed by atoms with Crippen molar-refractivity contribution in [2.45, 2.75) is 65.8 Å². The van der Waals surface area contributed by atoms with Gasteiger partial charge in [0.05, 0.1) is 6.04 Å². The smallest absolute Gasteiger partial charge is 0.121 e. The predicted octanol–water partition coefficient (Wildman–Crippen LogP) is 4.85. The molecule has 0 bridgehead atoms. The second kappa shape index (κ2) is 6.13. The number of aryl methyl sites for hydroxylation is 1. The molecule has 0 saturated heterocycles. The first-order valence-corrected chi connectivity index (χ1v) is 7.84. The van der Waals surface area contributed by atoms with E-state index in [0.29, 0.717) is 17.4 Å². The number of furan rings is 1. The summed E-state index contributed by atoms with van der Waals surface area (Å²) in [5.74, 6) is 2.83. The lowest BCUT2D eigenvalue weighted by molar-refractivity contribution is 0.0889. The van der Waals surface area contributed by atoms with E-state index in [4.69, 9.17) is 4.42 Å². The first kappa shape index (κ1) is 14.6. The van der Waals surface area contributed by atoms with Gasteiger partial charge in [-0.1, -0.05) is 33.6 Å². The van der Waals surface area contributed by atoms with E-state index in [1.165, 1.54) is 32.1 Å². The highest BCUT2D eigenvalue weighted by Crippen LogP contribution is 2.47. The van der Waals surface area contributed by atoms with Gasteiger partial charge < -0.3 is 9.73 Å². The lowest BCUT2D eigenvalue weighted by Gasteiger charge is -2.43. The quantitative estimate of drug-likeness (QED) is 0.822. The third-order valence-corrected chi connectivity index (χ3v) is 4.67. The van der Waals surface area contributed by atoms with Gasteiger partial charge in [0.15, 0.2) is 0 Å². The molecule has 1 aliphatic carbocycles. The molecule has 1 fully saturated rings. The molecule has 1 saturated carbocycles. The summed E-state index contributed by atoms with van der Waals surface area (Å²) in [5, 5.41) is 3.73. The lowest BCUT2D eigenvalue weighted by Crippen LogP contribution is -2.39. The van der Waals surface area contributed by atoms with Crippen LogP contribution in [0.3, 0.4) is 0 Å². The van der Waals surface area contributed by atoms with Crippen LogP contribution in [0.2, 0.25) is 0 Å². The number of hydrogen-bond donors (Lipinski definition) is 1. The van der Waals surface area contributed by atoms with E-state index in [9.17, 15) is 0 Å². The van der Waals surface area contributed by atoms with Gasteiger partial charge in [-0.15, -0.1) is 0 Å². The van der Waals surface area contributed by atoms with Crippen molar-refractivity contribution < 1.29 is 4.42 Å². The minimum atomic E-state index is 0.379. The summed E-state index contributed by atoms with van der Waals surface area (Å²) in [6.07, 6.45) is 6.55. The molecule has 1 aliphatic rings. The normalized spacial score (nSPS) is 24.3. The molecule has 0 radical (unpaired) electrons. The molecule has 0 spiro atoms. The molecular formula is C17H29NO. The third-order valence-electron chi connectivity index (χ3n) is 4.67. The maximum absolute atomic E-state index is 5.93. The van der Waals surface area contributed by atoms with Gasteiger partial charge in [0.1, 0.15) is 11.5 Å². The highest BCUT2D eigenvalue weighted by atomic mass is 16.3. The number of hydrogen-bond acceptors (Lipinski definition) is 2. The summed E-state index contributed by atoms with van der Waals surface area (Å²) in [4.78, 5) is 0. The molecule has 2 unspecified atom stereocenters. The standard InChI is InChI=1S/C17H29NO/c1-5-12-18-16(15-10-9-13(2)19-15)14-8-6-7-11-17(14,3)4/h9-10,14,16,18H,5-8,11-12H2,1-4H3. The van der Waals surface area contributed by atoms with Crippen LogP contribution in [0.25, 0.3) is 0 Å². The summed E-state index contributed by atoms with van der Waals surface area (Å²) < 4.78 is 5.93. The Labute approximate surface area is 118 Å². The number of nitrogens with one attached hydrogen (secondary N) is 1. The van der Waals surface area contributed by atoms with E-state index >= 15 is 0 Å². The highest BCUT2D eigenvalue weighted by molar-refractivity contribution is 5.12. The minimum absolute atomic E-state index is 0.379. The average molecular weight is 263 g/mol. The van der Waals surface area contributed by atoms with Crippen LogP contribution in [0, 0.1) is 18.3 Å². The zero-order valence-corrected chi connectivity index (χ0v) is 13.0. The predicted molar refractivity (Wildman–Crippen MR) is 80.2 cm³/mol. The van der Waals surface area contributed by atoms with Crippen molar-refractivity contribution in [3.8, 4) is 0 Å². The van der Waals surface area contributed by atoms with Crippen molar-refractivity contribution in [2.24, 2.45) is 11.3 Å². The Hall–Kier alpha value is -0.760. The van der Waals surface area contributed by atoms with E-state index in [1.54, 1.807) is 0 Å². The zero-order valence-electron chi connectivity index (χ0n) is 13.0. The second-order valence-corrected chi connectivity index (χ2v) is 6.72. The summed E-state index contributed by atoms with van der Waals surface area (Å²) in [6, 6.07) is 4.63. The molecule has 0 aliphatic heterocycles. The topological polar surface area (TPSA) is 25.2 Å². The number of rotatable bonds is 5. The minimum Gasteiger partial charge on any atom is -0.465 e. The SMILES string of the molecule is CCCNC(c1ccc(C)o1)C1CCCCC1(C)C. The Kier molecular flexibility index (Phi) is 4.72. The molecule has 0 amide bonds. The van der Waals surface area contributed by atoms with Crippen LogP contribution >= 0.6 is 0 Å². The van der Waals surface area contributed by atoms with Crippen molar-refractivity contribution in [1.82, 2.24) is 5.32 Å².